The number of rotatable bonds is 3. The number of anilines is 1. The van der Waals surface area contributed by atoms with Crippen LogP contribution in [0.5, 0.6) is 0 Å². The summed E-state index contributed by atoms with van der Waals surface area (Å²) in [6, 6.07) is 1.48. The third-order valence-corrected chi connectivity index (χ3v) is 4.38. The number of nitrogens with one attached hydrogen (secondary N) is 1. The first kappa shape index (κ1) is 19.2. The Morgan fingerprint density at radius 2 is 1.92 bits per heavy atom. The largest absolute Gasteiger partial charge is 0.327 e. The van der Waals surface area contributed by atoms with Gasteiger partial charge >= 0.3 is 0 Å². The summed E-state index contributed by atoms with van der Waals surface area (Å²) in [5, 5.41) is 7.70. The molecule has 0 aliphatic carbocycles. The first-order chi connectivity index (χ1) is 11.4. The van der Waals surface area contributed by atoms with Crippen LogP contribution in [0.1, 0.15) is 60.1 Å². The van der Waals surface area contributed by atoms with Crippen molar-refractivity contribution in [3.63, 3.8) is 0 Å². The second-order valence-electron chi connectivity index (χ2n) is 8.63. The molecule has 2 amide bonds. The molecule has 0 spiro atoms. The summed E-state index contributed by atoms with van der Waals surface area (Å²) in [5.41, 5.74) is 0.537. The summed E-state index contributed by atoms with van der Waals surface area (Å²) < 4.78 is 1.85. The van der Waals surface area contributed by atoms with Gasteiger partial charge in [0.15, 0.2) is 0 Å². The normalized spacial score (nSPS) is 18.3. The maximum absolute atomic E-state index is 12.8. The van der Waals surface area contributed by atoms with E-state index in [1.54, 1.807) is 4.90 Å². The van der Waals surface area contributed by atoms with E-state index in [0.717, 1.165) is 12.1 Å². The lowest BCUT2D eigenvalue weighted by molar-refractivity contribution is -0.132. The Hall–Kier alpha value is -2.11. The van der Waals surface area contributed by atoms with Crippen molar-refractivity contribution in [2.45, 2.75) is 71.4 Å². The van der Waals surface area contributed by atoms with Gasteiger partial charge in [-0.3, -0.25) is 9.59 Å². The van der Waals surface area contributed by atoms with Gasteiger partial charge in [0.05, 0.1) is 11.2 Å². The van der Waals surface area contributed by atoms with Crippen LogP contribution >= 0.6 is 0 Å². The summed E-state index contributed by atoms with van der Waals surface area (Å²) >= 11 is 0. The van der Waals surface area contributed by atoms with Gasteiger partial charge in [-0.1, -0.05) is 27.4 Å². The zero-order valence-electron chi connectivity index (χ0n) is 16.2. The van der Waals surface area contributed by atoms with Gasteiger partial charge in [-0.2, -0.15) is 5.10 Å². The topological polar surface area (TPSA) is 67.2 Å². The lowest BCUT2D eigenvalue weighted by Gasteiger charge is -2.25. The molecule has 1 aromatic rings. The number of carbonyl (C=O) groups excluding carboxylic acids is 2. The van der Waals surface area contributed by atoms with Crippen LogP contribution in [0.15, 0.2) is 18.7 Å². The van der Waals surface area contributed by atoms with Crippen LogP contribution in [-0.2, 0) is 20.5 Å². The highest BCUT2D eigenvalue weighted by Crippen LogP contribution is 2.29. The SMILES string of the molecule is C=CC(=O)N1CCCC1C(=O)Nc1cc(C(C)(C)C)nn1C(C)(C)C. The molecule has 6 nitrogen and oxygen atoms in total. The van der Waals surface area contributed by atoms with E-state index in [-0.39, 0.29) is 22.8 Å². The van der Waals surface area contributed by atoms with Gasteiger partial charge in [-0.05, 0) is 39.7 Å². The van der Waals surface area contributed by atoms with Crippen LogP contribution < -0.4 is 5.32 Å². The van der Waals surface area contributed by atoms with Gasteiger partial charge in [0.1, 0.15) is 11.9 Å². The molecule has 2 heterocycles. The van der Waals surface area contributed by atoms with Crippen molar-refractivity contribution >= 4 is 17.6 Å². The van der Waals surface area contributed by atoms with E-state index in [4.69, 9.17) is 5.10 Å². The molecular formula is C19H30N4O2. The maximum Gasteiger partial charge on any atom is 0.248 e. The summed E-state index contributed by atoms with van der Waals surface area (Å²) in [6.45, 7) is 16.5. The van der Waals surface area contributed by atoms with Crippen molar-refractivity contribution in [2.24, 2.45) is 0 Å². The number of aromatic nitrogens is 2. The second kappa shape index (κ2) is 6.65. The van der Waals surface area contributed by atoms with Crippen LogP contribution in [0.4, 0.5) is 5.82 Å². The Morgan fingerprint density at radius 1 is 1.28 bits per heavy atom. The average Bonchev–Trinajstić information content (AvgIpc) is 3.11. The van der Waals surface area contributed by atoms with Gasteiger partial charge in [0.2, 0.25) is 11.8 Å². The molecule has 1 fully saturated rings. The molecule has 6 heteroatoms. The standard InChI is InChI=1S/C19H30N4O2/c1-8-16(24)22-11-9-10-13(22)17(25)20-15-12-14(18(2,3)4)21-23(15)19(5,6)7/h8,12-13H,1,9-11H2,2-7H3,(H,20,25). The number of likely N-dealkylation sites (tertiary alicyclic amines) is 1. The van der Waals surface area contributed by atoms with Crippen molar-refractivity contribution in [1.29, 1.82) is 0 Å². The Kier molecular flexibility index (Phi) is 5.11. The van der Waals surface area contributed by atoms with Crippen molar-refractivity contribution in [2.75, 3.05) is 11.9 Å². The van der Waals surface area contributed by atoms with Crippen molar-refractivity contribution in [3.05, 3.63) is 24.4 Å². The minimum Gasteiger partial charge on any atom is -0.327 e. The highest BCUT2D eigenvalue weighted by Gasteiger charge is 2.34. The van der Waals surface area contributed by atoms with E-state index in [9.17, 15) is 9.59 Å². The molecule has 2 rings (SSSR count). The third kappa shape index (κ3) is 4.11. The summed E-state index contributed by atoms with van der Waals surface area (Å²) in [7, 11) is 0. The second-order valence-corrected chi connectivity index (χ2v) is 8.63. The molecule has 1 N–H and O–H groups in total. The van der Waals surface area contributed by atoms with Gasteiger partial charge < -0.3 is 10.2 Å². The van der Waals surface area contributed by atoms with E-state index in [1.807, 2.05) is 31.5 Å². The molecule has 0 aromatic carbocycles. The number of carbonyl (C=O) groups is 2. The number of hydrogen-bond acceptors (Lipinski definition) is 3. The fourth-order valence-corrected chi connectivity index (χ4v) is 2.98. The summed E-state index contributed by atoms with van der Waals surface area (Å²) in [5.74, 6) is 0.302. The highest BCUT2D eigenvalue weighted by atomic mass is 16.2. The molecule has 1 atom stereocenters. The lowest BCUT2D eigenvalue weighted by atomic mass is 9.92. The van der Waals surface area contributed by atoms with E-state index in [0.29, 0.717) is 18.8 Å². The first-order valence-corrected chi connectivity index (χ1v) is 8.80. The molecule has 1 aliphatic heterocycles. The summed E-state index contributed by atoms with van der Waals surface area (Å²) in [6.07, 6.45) is 2.76. The van der Waals surface area contributed by atoms with E-state index < -0.39 is 6.04 Å². The van der Waals surface area contributed by atoms with Gasteiger partial charge in [-0.15, -0.1) is 0 Å². The zero-order valence-corrected chi connectivity index (χ0v) is 16.2. The van der Waals surface area contributed by atoms with Crippen molar-refractivity contribution in [3.8, 4) is 0 Å². The molecule has 1 aliphatic rings. The van der Waals surface area contributed by atoms with Crippen LogP contribution in [0.25, 0.3) is 0 Å². The molecule has 1 aromatic heterocycles. The van der Waals surface area contributed by atoms with Gasteiger partial charge in [-0.25, -0.2) is 4.68 Å². The molecule has 1 unspecified atom stereocenters. The Bertz CT molecular complexity index is 677. The third-order valence-electron chi connectivity index (χ3n) is 4.38. The number of hydrogen-bond donors (Lipinski definition) is 1. The predicted octanol–water partition coefficient (Wildman–Crippen LogP) is 3.05. The molecule has 138 valence electrons. The molecule has 0 radical (unpaired) electrons. The minimum absolute atomic E-state index is 0.117. The van der Waals surface area contributed by atoms with Crippen molar-refractivity contribution in [1.82, 2.24) is 14.7 Å². The Morgan fingerprint density at radius 3 is 2.44 bits per heavy atom. The Labute approximate surface area is 150 Å². The smallest absolute Gasteiger partial charge is 0.248 e. The quantitative estimate of drug-likeness (QED) is 0.856. The monoisotopic (exact) mass is 346 g/mol. The van der Waals surface area contributed by atoms with Crippen molar-refractivity contribution < 1.29 is 9.59 Å². The summed E-state index contributed by atoms with van der Waals surface area (Å²) in [4.78, 5) is 26.3. The number of amides is 2. The molecular weight excluding hydrogens is 316 g/mol. The van der Waals surface area contributed by atoms with E-state index >= 15 is 0 Å². The van der Waals surface area contributed by atoms with E-state index in [1.165, 1.54) is 6.08 Å². The zero-order chi connectivity index (χ0) is 19.0. The molecule has 0 saturated carbocycles. The highest BCUT2D eigenvalue weighted by molar-refractivity contribution is 5.98. The van der Waals surface area contributed by atoms with Crippen LogP contribution in [-0.4, -0.2) is 39.1 Å². The lowest BCUT2D eigenvalue weighted by Crippen LogP contribution is -2.43. The van der Waals surface area contributed by atoms with Crippen LogP contribution in [0.2, 0.25) is 0 Å². The van der Waals surface area contributed by atoms with Crippen LogP contribution in [0, 0.1) is 0 Å². The average molecular weight is 346 g/mol. The fourth-order valence-electron chi connectivity index (χ4n) is 2.98. The fraction of sp³-hybridized carbons (Fsp3) is 0.632. The Balaban J connectivity index is 2.30. The van der Waals surface area contributed by atoms with Gasteiger partial charge in [0.25, 0.3) is 0 Å². The molecule has 1 saturated heterocycles. The molecule has 25 heavy (non-hydrogen) atoms. The number of nitrogens with zero attached hydrogens (tertiary/aromatic N) is 3. The minimum atomic E-state index is -0.452. The van der Waals surface area contributed by atoms with Gasteiger partial charge in [0, 0.05) is 18.0 Å². The maximum atomic E-state index is 12.8. The van der Waals surface area contributed by atoms with Crippen LogP contribution in [0.3, 0.4) is 0 Å². The predicted molar refractivity (Wildman–Crippen MR) is 99.5 cm³/mol. The first-order valence-electron chi connectivity index (χ1n) is 8.80. The molecule has 0 bridgehead atoms. The van der Waals surface area contributed by atoms with E-state index in [2.05, 4.69) is 32.7 Å².